The Balaban J connectivity index is 2.19. The number of nitrogens with two attached hydrogens (primary N) is 1. The maximum atomic E-state index is 10.7. The van der Waals surface area contributed by atoms with Crippen molar-refractivity contribution in [1.82, 2.24) is 5.32 Å². The summed E-state index contributed by atoms with van der Waals surface area (Å²) in [4.78, 5) is 10.7. The van der Waals surface area contributed by atoms with Crippen molar-refractivity contribution in [1.29, 1.82) is 0 Å². The molecule has 1 aromatic rings. The fraction of sp³-hybridized carbons (Fsp3) is 0.462. The van der Waals surface area contributed by atoms with E-state index in [0.29, 0.717) is 6.61 Å². The minimum absolute atomic E-state index is 0.0565. The molecular weight excluding hydrogens is 232 g/mol. The first-order valence-electron chi connectivity index (χ1n) is 6.02. The second-order valence-electron chi connectivity index (χ2n) is 4.49. The zero-order valence-corrected chi connectivity index (χ0v) is 10.3. The lowest BCUT2D eigenvalue weighted by molar-refractivity contribution is -0.137. The number of carboxylic acids is 1. The number of carbonyl (C=O) groups is 1. The average Bonchev–Trinajstić information content (AvgIpc) is 2.76. The van der Waals surface area contributed by atoms with Gasteiger partial charge in [0.1, 0.15) is 5.75 Å². The van der Waals surface area contributed by atoms with E-state index in [1.54, 1.807) is 7.05 Å². The molecule has 0 bridgehead atoms. The monoisotopic (exact) mass is 250 g/mol. The van der Waals surface area contributed by atoms with Gasteiger partial charge >= 0.3 is 5.97 Å². The van der Waals surface area contributed by atoms with E-state index in [0.717, 1.165) is 23.3 Å². The van der Waals surface area contributed by atoms with E-state index in [1.165, 1.54) is 0 Å². The number of ether oxygens (including phenoxy) is 1. The van der Waals surface area contributed by atoms with Gasteiger partial charge in [-0.1, -0.05) is 12.1 Å². The number of benzene rings is 1. The first kappa shape index (κ1) is 12.9. The molecule has 0 fully saturated rings. The van der Waals surface area contributed by atoms with E-state index >= 15 is 0 Å². The number of fused-ring (bicyclic) bond motifs is 1. The molecule has 0 aromatic heterocycles. The summed E-state index contributed by atoms with van der Waals surface area (Å²) in [6.07, 6.45) is 0.840. The van der Waals surface area contributed by atoms with Gasteiger partial charge in [-0.2, -0.15) is 0 Å². The van der Waals surface area contributed by atoms with Gasteiger partial charge in [-0.25, -0.2) is 0 Å². The maximum Gasteiger partial charge on any atom is 0.304 e. The number of hydrogen-bond donors (Lipinski definition) is 3. The summed E-state index contributed by atoms with van der Waals surface area (Å²) in [5.74, 6) is 0.0349. The largest absolute Gasteiger partial charge is 0.493 e. The molecule has 2 unspecified atom stereocenters. The highest BCUT2D eigenvalue weighted by molar-refractivity contribution is 5.67. The fourth-order valence-electron chi connectivity index (χ4n) is 2.35. The summed E-state index contributed by atoms with van der Waals surface area (Å²) in [6.45, 7) is 0.712. The van der Waals surface area contributed by atoms with Crippen LogP contribution >= 0.6 is 0 Å². The van der Waals surface area contributed by atoms with E-state index in [-0.39, 0.29) is 12.5 Å². The van der Waals surface area contributed by atoms with Crippen LogP contribution in [-0.4, -0.2) is 30.8 Å². The molecule has 1 aliphatic rings. The molecule has 0 spiro atoms. The number of nitrogens with one attached hydrogen (secondary N) is 1. The number of rotatable bonds is 5. The van der Waals surface area contributed by atoms with Crippen molar-refractivity contribution in [2.75, 3.05) is 13.7 Å². The van der Waals surface area contributed by atoms with Gasteiger partial charge in [0.2, 0.25) is 0 Å². The quantitative estimate of drug-likeness (QED) is 0.715. The minimum atomic E-state index is -0.882. The Hall–Kier alpha value is -1.59. The molecule has 0 saturated carbocycles. The molecule has 1 aliphatic heterocycles. The zero-order valence-electron chi connectivity index (χ0n) is 10.3. The highest BCUT2D eigenvalue weighted by atomic mass is 16.5. The van der Waals surface area contributed by atoms with Crippen molar-refractivity contribution in [3.8, 4) is 5.75 Å². The van der Waals surface area contributed by atoms with Crippen LogP contribution in [0.25, 0.3) is 0 Å². The number of aliphatic carboxylic acids is 1. The van der Waals surface area contributed by atoms with E-state index in [9.17, 15) is 4.79 Å². The standard InChI is InChI=1S/C13H18N2O3/c1-15-13(10(14)7-12(16)17)9-2-3-11-8(6-9)4-5-18-11/h2-3,6,10,13,15H,4-5,7,14H2,1H3,(H,16,17). The van der Waals surface area contributed by atoms with Crippen LogP contribution in [-0.2, 0) is 11.2 Å². The number of carboxylic acid groups (broad SMARTS) is 1. The van der Waals surface area contributed by atoms with Crippen LogP contribution in [0, 0.1) is 0 Å². The molecule has 18 heavy (non-hydrogen) atoms. The summed E-state index contributed by atoms with van der Waals surface area (Å²) >= 11 is 0. The molecule has 0 radical (unpaired) electrons. The van der Waals surface area contributed by atoms with Gasteiger partial charge in [0, 0.05) is 18.5 Å². The highest BCUT2D eigenvalue weighted by Gasteiger charge is 2.22. The summed E-state index contributed by atoms with van der Waals surface area (Å²) in [7, 11) is 1.79. The Kier molecular flexibility index (Phi) is 3.84. The smallest absolute Gasteiger partial charge is 0.304 e. The van der Waals surface area contributed by atoms with Crippen molar-refractivity contribution in [3.05, 3.63) is 29.3 Å². The highest BCUT2D eigenvalue weighted by Crippen LogP contribution is 2.29. The second-order valence-corrected chi connectivity index (χ2v) is 4.49. The van der Waals surface area contributed by atoms with Crippen LogP contribution in [0.5, 0.6) is 5.75 Å². The summed E-state index contributed by atoms with van der Waals surface area (Å²) in [5.41, 5.74) is 8.10. The van der Waals surface area contributed by atoms with E-state index in [2.05, 4.69) is 5.32 Å². The third-order valence-electron chi connectivity index (χ3n) is 3.22. The van der Waals surface area contributed by atoms with Gasteiger partial charge in [-0.05, 0) is 24.2 Å². The number of likely N-dealkylation sites (N-methyl/N-ethyl adjacent to an activating group) is 1. The van der Waals surface area contributed by atoms with Crippen molar-refractivity contribution in [3.63, 3.8) is 0 Å². The van der Waals surface area contributed by atoms with Crippen LogP contribution in [0.4, 0.5) is 0 Å². The molecule has 1 aromatic carbocycles. The Morgan fingerprint density at radius 1 is 1.61 bits per heavy atom. The van der Waals surface area contributed by atoms with Crippen molar-refractivity contribution < 1.29 is 14.6 Å². The maximum absolute atomic E-state index is 10.7. The molecule has 2 rings (SSSR count). The van der Waals surface area contributed by atoms with Gasteiger partial charge in [-0.15, -0.1) is 0 Å². The van der Waals surface area contributed by atoms with E-state index in [4.69, 9.17) is 15.6 Å². The minimum Gasteiger partial charge on any atom is -0.493 e. The predicted molar refractivity (Wildman–Crippen MR) is 67.7 cm³/mol. The van der Waals surface area contributed by atoms with Gasteiger partial charge in [0.05, 0.1) is 13.0 Å². The third-order valence-corrected chi connectivity index (χ3v) is 3.22. The topological polar surface area (TPSA) is 84.6 Å². The Morgan fingerprint density at radius 3 is 3.06 bits per heavy atom. The molecule has 1 heterocycles. The van der Waals surface area contributed by atoms with E-state index < -0.39 is 12.0 Å². The van der Waals surface area contributed by atoms with Crippen LogP contribution in [0.2, 0.25) is 0 Å². The predicted octanol–water partition coefficient (Wildman–Crippen LogP) is 0.684. The van der Waals surface area contributed by atoms with Crippen LogP contribution in [0.15, 0.2) is 18.2 Å². The Morgan fingerprint density at radius 2 is 2.39 bits per heavy atom. The lowest BCUT2D eigenvalue weighted by Crippen LogP contribution is -2.37. The molecule has 0 aliphatic carbocycles. The molecule has 98 valence electrons. The van der Waals surface area contributed by atoms with Gasteiger partial charge < -0.3 is 20.9 Å². The summed E-state index contributed by atoms with van der Waals surface area (Å²) < 4.78 is 5.45. The molecule has 5 nitrogen and oxygen atoms in total. The van der Waals surface area contributed by atoms with Crippen molar-refractivity contribution in [2.45, 2.75) is 24.9 Å². The summed E-state index contributed by atoms with van der Waals surface area (Å²) in [6, 6.07) is 5.30. The van der Waals surface area contributed by atoms with Crippen LogP contribution in [0.3, 0.4) is 0 Å². The molecule has 2 atom stereocenters. The first-order chi connectivity index (χ1) is 8.61. The molecule has 0 amide bonds. The van der Waals surface area contributed by atoms with Crippen LogP contribution in [0.1, 0.15) is 23.6 Å². The Bertz CT molecular complexity index is 448. The summed E-state index contributed by atoms with van der Waals surface area (Å²) in [5, 5.41) is 11.9. The van der Waals surface area contributed by atoms with Crippen LogP contribution < -0.4 is 15.8 Å². The number of hydrogen-bond acceptors (Lipinski definition) is 4. The average molecular weight is 250 g/mol. The van der Waals surface area contributed by atoms with Gasteiger partial charge in [-0.3, -0.25) is 4.79 Å². The van der Waals surface area contributed by atoms with Crippen molar-refractivity contribution >= 4 is 5.97 Å². The second kappa shape index (κ2) is 5.37. The van der Waals surface area contributed by atoms with Gasteiger partial charge in [0.15, 0.2) is 0 Å². The third kappa shape index (κ3) is 2.63. The van der Waals surface area contributed by atoms with E-state index in [1.807, 2.05) is 18.2 Å². The van der Waals surface area contributed by atoms with Crippen molar-refractivity contribution in [2.24, 2.45) is 5.73 Å². The lowest BCUT2D eigenvalue weighted by atomic mass is 9.95. The molecule has 4 N–H and O–H groups in total. The molecule has 0 saturated heterocycles. The fourth-order valence-corrected chi connectivity index (χ4v) is 2.35. The lowest BCUT2D eigenvalue weighted by Gasteiger charge is -2.23. The Labute approximate surface area is 106 Å². The SMILES string of the molecule is CNC(c1ccc2c(c1)CCO2)C(N)CC(=O)O. The normalized spacial score (nSPS) is 16.8. The van der Waals surface area contributed by atoms with Gasteiger partial charge in [0.25, 0.3) is 0 Å². The first-order valence-corrected chi connectivity index (χ1v) is 6.02. The zero-order chi connectivity index (χ0) is 13.1. The molecular formula is C13H18N2O3. The molecule has 5 heteroatoms.